The Morgan fingerprint density at radius 1 is 0.963 bits per heavy atom. The fraction of sp³-hybridized carbons (Fsp3) is 0.810. The molecule has 0 aliphatic carbocycles. The zero-order chi connectivity index (χ0) is 19.5. The standard InChI is InChI=1S/C21H39N5O/c1-18(2)20-16-23-21(24-17-20)26-12-10-25(11-13-26)9-5-6-14-27-15-7-8-22-19(3)4/h16-19,22H,5-15H2,1-4H3. The van der Waals surface area contributed by atoms with Crippen LogP contribution in [0.25, 0.3) is 0 Å². The molecular weight excluding hydrogens is 338 g/mol. The Morgan fingerprint density at radius 3 is 2.26 bits per heavy atom. The van der Waals surface area contributed by atoms with Gasteiger partial charge in [0.1, 0.15) is 0 Å². The Hall–Kier alpha value is -1.24. The first-order chi connectivity index (χ1) is 13.1. The molecule has 0 unspecified atom stereocenters. The second-order valence-corrected chi connectivity index (χ2v) is 8.08. The molecular formula is C21H39N5O. The lowest BCUT2D eigenvalue weighted by atomic mass is 10.1. The number of aromatic nitrogens is 2. The molecule has 1 aliphatic rings. The Kier molecular flexibility index (Phi) is 10.0. The maximum Gasteiger partial charge on any atom is 0.225 e. The van der Waals surface area contributed by atoms with E-state index in [-0.39, 0.29) is 0 Å². The van der Waals surface area contributed by atoms with Crippen LogP contribution in [0.4, 0.5) is 5.95 Å². The van der Waals surface area contributed by atoms with Crippen LogP contribution in [0, 0.1) is 0 Å². The lowest BCUT2D eigenvalue weighted by Gasteiger charge is -2.34. The second-order valence-electron chi connectivity index (χ2n) is 8.08. The van der Waals surface area contributed by atoms with Gasteiger partial charge in [0.2, 0.25) is 5.95 Å². The lowest BCUT2D eigenvalue weighted by molar-refractivity contribution is 0.123. The summed E-state index contributed by atoms with van der Waals surface area (Å²) in [5, 5.41) is 3.41. The van der Waals surface area contributed by atoms with E-state index in [1.165, 1.54) is 18.5 Å². The van der Waals surface area contributed by atoms with Gasteiger partial charge in [-0.25, -0.2) is 9.97 Å². The molecule has 0 saturated carbocycles. The van der Waals surface area contributed by atoms with E-state index in [1.807, 2.05) is 12.4 Å². The molecule has 0 spiro atoms. The molecule has 6 heteroatoms. The Bertz CT molecular complexity index is 498. The van der Waals surface area contributed by atoms with Crippen molar-refractivity contribution in [2.45, 2.75) is 58.9 Å². The molecule has 0 amide bonds. The van der Waals surface area contributed by atoms with Crippen molar-refractivity contribution in [2.24, 2.45) is 0 Å². The summed E-state index contributed by atoms with van der Waals surface area (Å²) in [5.41, 5.74) is 1.20. The number of piperazine rings is 1. The van der Waals surface area contributed by atoms with Crippen LogP contribution in [0.2, 0.25) is 0 Å². The summed E-state index contributed by atoms with van der Waals surface area (Å²) in [6.07, 6.45) is 7.40. The summed E-state index contributed by atoms with van der Waals surface area (Å²) in [7, 11) is 0. The topological polar surface area (TPSA) is 53.5 Å². The quantitative estimate of drug-likeness (QED) is 0.565. The fourth-order valence-corrected chi connectivity index (χ4v) is 3.17. The lowest BCUT2D eigenvalue weighted by Crippen LogP contribution is -2.47. The molecule has 1 aliphatic heterocycles. The predicted octanol–water partition coefficient (Wildman–Crippen LogP) is 2.91. The maximum atomic E-state index is 5.72. The van der Waals surface area contributed by atoms with Crippen LogP contribution >= 0.6 is 0 Å². The van der Waals surface area contributed by atoms with Gasteiger partial charge in [-0.1, -0.05) is 27.7 Å². The van der Waals surface area contributed by atoms with Crippen molar-refractivity contribution in [3.05, 3.63) is 18.0 Å². The molecule has 154 valence electrons. The maximum absolute atomic E-state index is 5.72. The summed E-state index contributed by atoms with van der Waals surface area (Å²) in [6.45, 7) is 16.9. The van der Waals surface area contributed by atoms with Crippen LogP contribution in [0.5, 0.6) is 0 Å². The predicted molar refractivity (Wildman–Crippen MR) is 113 cm³/mol. The van der Waals surface area contributed by atoms with E-state index in [0.29, 0.717) is 12.0 Å². The molecule has 0 aromatic carbocycles. The minimum absolute atomic E-state index is 0.483. The van der Waals surface area contributed by atoms with Gasteiger partial charge in [-0.3, -0.25) is 4.90 Å². The highest BCUT2D eigenvalue weighted by Crippen LogP contribution is 2.15. The van der Waals surface area contributed by atoms with Gasteiger partial charge in [-0.15, -0.1) is 0 Å². The Balaban J connectivity index is 1.51. The number of ether oxygens (including phenoxy) is 1. The molecule has 0 radical (unpaired) electrons. The van der Waals surface area contributed by atoms with E-state index in [1.54, 1.807) is 0 Å². The van der Waals surface area contributed by atoms with Crippen molar-refractivity contribution in [2.75, 3.05) is 57.4 Å². The third-order valence-electron chi connectivity index (χ3n) is 5.01. The molecule has 6 nitrogen and oxygen atoms in total. The number of anilines is 1. The largest absolute Gasteiger partial charge is 0.381 e. The normalized spacial score (nSPS) is 15.9. The van der Waals surface area contributed by atoms with E-state index in [2.05, 4.69) is 52.8 Å². The van der Waals surface area contributed by atoms with Gasteiger partial charge in [0.15, 0.2) is 0 Å². The monoisotopic (exact) mass is 377 g/mol. The molecule has 1 saturated heterocycles. The van der Waals surface area contributed by atoms with E-state index in [9.17, 15) is 0 Å². The highest BCUT2D eigenvalue weighted by molar-refractivity contribution is 5.31. The van der Waals surface area contributed by atoms with Gasteiger partial charge in [-0.05, 0) is 43.8 Å². The van der Waals surface area contributed by atoms with Crippen molar-refractivity contribution < 1.29 is 4.74 Å². The molecule has 1 aromatic rings. The Morgan fingerprint density at radius 2 is 1.63 bits per heavy atom. The van der Waals surface area contributed by atoms with Crippen LogP contribution in [0.15, 0.2) is 12.4 Å². The van der Waals surface area contributed by atoms with E-state index in [0.717, 1.165) is 64.7 Å². The number of hydrogen-bond acceptors (Lipinski definition) is 6. The SMILES string of the molecule is CC(C)NCCCOCCCCN1CCN(c2ncc(C(C)C)cn2)CC1. The Labute approximate surface area is 165 Å². The highest BCUT2D eigenvalue weighted by Gasteiger charge is 2.18. The van der Waals surface area contributed by atoms with Gasteiger partial charge >= 0.3 is 0 Å². The average molecular weight is 378 g/mol. The second kappa shape index (κ2) is 12.3. The first kappa shape index (κ1) is 22.1. The number of nitrogens with one attached hydrogen (secondary N) is 1. The smallest absolute Gasteiger partial charge is 0.225 e. The number of nitrogens with zero attached hydrogens (tertiary/aromatic N) is 4. The molecule has 1 aromatic heterocycles. The van der Waals surface area contributed by atoms with E-state index >= 15 is 0 Å². The van der Waals surface area contributed by atoms with Crippen molar-refractivity contribution in [3.63, 3.8) is 0 Å². The summed E-state index contributed by atoms with van der Waals surface area (Å²) in [5.74, 6) is 1.36. The average Bonchev–Trinajstić information content (AvgIpc) is 2.67. The van der Waals surface area contributed by atoms with E-state index < -0.39 is 0 Å². The fourth-order valence-electron chi connectivity index (χ4n) is 3.17. The molecule has 27 heavy (non-hydrogen) atoms. The van der Waals surface area contributed by atoms with Crippen molar-refractivity contribution >= 4 is 5.95 Å². The van der Waals surface area contributed by atoms with Gasteiger partial charge in [0.25, 0.3) is 0 Å². The summed E-state index contributed by atoms with van der Waals surface area (Å²) >= 11 is 0. The van der Waals surface area contributed by atoms with Crippen molar-refractivity contribution in [1.29, 1.82) is 0 Å². The van der Waals surface area contributed by atoms with Crippen LogP contribution in [0.3, 0.4) is 0 Å². The van der Waals surface area contributed by atoms with Gasteiger partial charge < -0.3 is 15.0 Å². The van der Waals surface area contributed by atoms with Crippen LogP contribution in [0.1, 0.15) is 58.4 Å². The van der Waals surface area contributed by atoms with Crippen LogP contribution < -0.4 is 10.2 Å². The number of hydrogen-bond donors (Lipinski definition) is 1. The van der Waals surface area contributed by atoms with Crippen molar-refractivity contribution in [1.82, 2.24) is 20.2 Å². The molecule has 2 rings (SSSR count). The van der Waals surface area contributed by atoms with Crippen molar-refractivity contribution in [3.8, 4) is 0 Å². The van der Waals surface area contributed by atoms with E-state index in [4.69, 9.17) is 4.74 Å². The van der Waals surface area contributed by atoms with Gasteiger partial charge in [0, 0.05) is 57.8 Å². The minimum Gasteiger partial charge on any atom is -0.381 e. The molecule has 0 atom stereocenters. The zero-order valence-corrected chi connectivity index (χ0v) is 17.8. The number of rotatable bonds is 12. The highest BCUT2D eigenvalue weighted by atomic mass is 16.5. The van der Waals surface area contributed by atoms with Gasteiger partial charge in [0.05, 0.1) is 0 Å². The minimum atomic E-state index is 0.483. The molecule has 1 fully saturated rings. The number of unbranched alkanes of at least 4 members (excludes halogenated alkanes) is 1. The first-order valence-corrected chi connectivity index (χ1v) is 10.7. The van der Waals surface area contributed by atoms with Crippen LogP contribution in [-0.4, -0.2) is 73.4 Å². The summed E-state index contributed by atoms with van der Waals surface area (Å²) < 4.78 is 5.72. The third-order valence-corrected chi connectivity index (χ3v) is 5.01. The summed E-state index contributed by atoms with van der Waals surface area (Å²) in [6, 6.07) is 0.566. The van der Waals surface area contributed by atoms with Crippen LogP contribution in [-0.2, 0) is 4.74 Å². The zero-order valence-electron chi connectivity index (χ0n) is 17.8. The third kappa shape index (κ3) is 8.54. The molecule has 0 bridgehead atoms. The van der Waals surface area contributed by atoms with Gasteiger partial charge in [-0.2, -0.15) is 0 Å². The molecule has 2 heterocycles. The first-order valence-electron chi connectivity index (χ1n) is 10.7. The summed E-state index contributed by atoms with van der Waals surface area (Å²) in [4.78, 5) is 13.9. The molecule has 1 N–H and O–H groups in total.